The number of carboxylic acid groups (broad SMARTS) is 1. The summed E-state index contributed by atoms with van der Waals surface area (Å²) in [6.45, 7) is 3.22. The highest BCUT2D eigenvalue weighted by Gasteiger charge is 2.19. The molecule has 0 aliphatic heterocycles. The van der Waals surface area contributed by atoms with Crippen LogP contribution in [0.15, 0.2) is 12.2 Å². The Kier molecular flexibility index (Phi) is 13.3. The molecule has 7 heteroatoms. The molecule has 0 rings (SSSR count). The summed E-state index contributed by atoms with van der Waals surface area (Å²) in [5, 5.41) is 26.8. The first-order chi connectivity index (χ1) is 11.0. The van der Waals surface area contributed by atoms with Crippen LogP contribution in [0.3, 0.4) is 0 Å². The Balaban J connectivity index is 4.16. The first kappa shape index (κ1) is 21.6. The number of allylic oxidation sites excluding steroid dienone is 1. The van der Waals surface area contributed by atoms with Gasteiger partial charge in [0.2, 0.25) is 0 Å². The first-order valence-electron chi connectivity index (χ1n) is 8.04. The van der Waals surface area contributed by atoms with E-state index in [0.717, 1.165) is 19.3 Å². The van der Waals surface area contributed by atoms with E-state index in [-0.39, 0.29) is 26.2 Å². The summed E-state index contributed by atoms with van der Waals surface area (Å²) in [5.41, 5.74) is 0. The number of aliphatic hydroxyl groups is 2. The van der Waals surface area contributed by atoms with Crippen LogP contribution in [-0.2, 0) is 14.3 Å². The molecule has 0 spiro atoms. The SMILES string of the molecule is CCCCC=CC(CC(=O)OCCN(CCO)CCO)C(=O)O. The minimum atomic E-state index is -1.04. The van der Waals surface area contributed by atoms with Gasteiger partial charge in [0, 0.05) is 19.6 Å². The summed E-state index contributed by atoms with van der Waals surface area (Å²) in [6, 6.07) is 0. The molecule has 0 amide bonds. The summed E-state index contributed by atoms with van der Waals surface area (Å²) < 4.78 is 5.03. The average molecular weight is 331 g/mol. The second-order valence-corrected chi connectivity index (χ2v) is 5.23. The van der Waals surface area contributed by atoms with Gasteiger partial charge in [0.05, 0.1) is 25.6 Å². The quantitative estimate of drug-likeness (QED) is 0.244. The molecule has 0 aromatic rings. The number of aliphatic carboxylic acids is 1. The number of carbonyl (C=O) groups excluding carboxylic acids is 1. The molecule has 3 N–H and O–H groups in total. The lowest BCUT2D eigenvalue weighted by Crippen LogP contribution is -2.33. The third-order valence-corrected chi connectivity index (χ3v) is 3.30. The Morgan fingerprint density at radius 2 is 1.83 bits per heavy atom. The minimum Gasteiger partial charge on any atom is -0.481 e. The van der Waals surface area contributed by atoms with Crippen molar-refractivity contribution in [2.45, 2.75) is 32.6 Å². The van der Waals surface area contributed by atoms with Crippen LogP contribution in [0, 0.1) is 5.92 Å². The zero-order valence-corrected chi connectivity index (χ0v) is 13.8. The van der Waals surface area contributed by atoms with Crippen molar-refractivity contribution >= 4 is 11.9 Å². The maximum Gasteiger partial charge on any atom is 0.310 e. The van der Waals surface area contributed by atoms with E-state index in [1.165, 1.54) is 0 Å². The molecule has 0 saturated carbocycles. The van der Waals surface area contributed by atoms with Gasteiger partial charge in [-0.2, -0.15) is 0 Å². The molecule has 23 heavy (non-hydrogen) atoms. The van der Waals surface area contributed by atoms with Crippen molar-refractivity contribution in [2.75, 3.05) is 39.5 Å². The molecule has 0 radical (unpaired) electrons. The summed E-state index contributed by atoms with van der Waals surface area (Å²) in [4.78, 5) is 24.6. The fourth-order valence-electron chi connectivity index (χ4n) is 1.97. The fourth-order valence-corrected chi connectivity index (χ4v) is 1.97. The highest BCUT2D eigenvalue weighted by atomic mass is 16.5. The van der Waals surface area contributed by atoms with Crippen LogP contribution in [0.4, 0.5) is 0 Å². The second-order valence-electron chi connectivity index (χ2n) is 5.23. The molecular formula is C16H29NO6. The number of hydrogen-bond donors (Lipinski definition) is 3. The topological polar surface area (TPSA) is 107 Å². The number of ether oxygens (including phenoxy) is 1. The van der Waals surface area contributed by atoms with Gasteiger partial charge in [-0.25, -0.2) is 0 Å². The van der Waals surface area contributed by atoms with Gasteiger partial charge < -0.3 is 20.1 Å². The van der Waals surface area contributed by atoms with Crippen LogP contribution in [0.5, 0.6) is 0 Å². The van der Waals surface area contributed by atoms with E-state index in [4.69, 9.17) is 20.1 Å². The van der Waals surface area contributed by atoms with Crippen molar-refractivity contribution in [1.82, 2.24) is 4.90 Å². The van der Waals surface area contributed by atoms with Crippen LogP contribution < -0.4 is 0 Å². The largest absolute Gasteiger partial charge is 0.481 e. The Morgan fingerprint density at radius 1 is 1.17 bits per heavy atom. The van der Waals surface area contributed by atoms with Crippen molar-refractivity contribution in [3.63, 3.8) is 0 Å². The number of unbranched alkanes of at least 4 members (excludes halogenated alkanes) is 2. The summed E-state index contributed by atoms with van der Waals surface area (Å²) in [7, 11) is 0. The average Bonchev–Trinajstić information content (AvgIpc) is 2.50. The first-order valence-corrected chi connectivity index (χ1v) is 8.04. The van der Waals surface area contributed by atoms with Crippen molar-refractivity contribution in [1.29, 1.82) is 0 Å². The van der Waals surface area contributed by atoms with Crippen LogP contribution >= 0.6 is 0 Å². The number of nitrogens with zero attached hydrogens (tertiary/aromatic N) is 1. The van der Waals surface area contributed by atoms with E-state index in [9.17, 15) is 9.59 Å². The van der Waals surface area contributed by atoms with Crippen LogP contribution in [0.25, 0.3) is 0 Å². The number of carbonyl (C=O) groups is 2. The Labute approximate surface area is 137 Å². The third-order valence-electron chi connectivity index (χ3n) is 3.30. The molecule has 134 valence electrons. The molecule has 0 saturated heterocycles. The van der Waals surface area contributed by atoms with Gasteiger partial charge in [0.15, 0.2) is 0 Å². The predicted octanol–water partition coefficient (Wildman–Crippen LogP) is 0.654. The maximum atomic E-state index is 11.7. The molecule has 0 fully saturated rings. The maximum absolute atomic E-state index is 11.7. The van der Waals surface area contributed by atoms with Crippen molar-refractivity contribution in [3.05, 3.63) is 12.2 Å². The summed E-state index contributed by atoms with van der Waals surface area (Å²) in [5.74, 6) is -2.48. The summed E-state index contributed by atoms with van der Waals surface area (Å²) >= 11 is 0. The minimum absolute atomic E-state index is 0.0441. The Hall–Kier alpha value is -1.44. The monoisotopic (exact) mass is 331 g/mol. The number of rotatable bonds is 14. The van der Waals surface area contributed by atoms with Gasteiger partial charge in [-0.1, -0.05) is 31.9 Å². The van der Waals surface area contributed by atoms with Crippen LogP contribution in [0.1, 0.15) is 32.6 Å². The van der Waals surface area contributed by atoms with Crippen molar-refractivity contribution in [2.24, 2.45) is 5.92 Å². The number of carboxylic acids is 1. The van der Waals surface area contributed by atoms with Gasteiger partial charge in [0.1, 0.15) is 6.61 Å². The van der Waals surface area contributed by atoms with Crippen LogP contribution in [-0.4, -0.2) is 71.6 Å². The molecule has 0 aliphatic carbocycles. The van der Waals surface area contributed by atoms with Gasteiger partial charge in [-0.15, -0.1) is 0 Å². The lowest BCUT2D eigenvalue weighted by Gasteiger charge is -2.19. The molecule has 1 atom stereocenters. The van der Waals surface area contributed by atoms with E-state index in [1.54, 1.807) is 17.1 Å². The summed E-state index contributed by atoms with van der Waals surface area (Å²) in [6.07, 6.45) is 5.95. The van der Waals surface area contributed by atoms with E-state index >= 15 is 0 Å². The van der Waals surface area contributed by atoms with Gasteiger partial charge >= 0.3 is 11.9 Å². The van der Waals surface area contributed by atoms with E-state index in [1.807, 2.05) is 0 Å². The number of esters is 1. The fraction of sp³-hybridized carbons (Fsp3) is 0.750. The molecule has 0 aromatic carbocycles. The normalized spacial score (nSPS) is 12.7. The van der Waals surface area contributed by atoms with E-state index in [2.05, 4.69) is 6.92 Å². The van der Waals surface area contributed by atoms with E-state index < -0.39 is 17.9 Å². The van der Waals surface area contributed by atoms with Gasteiger partial charge in [-0.05, 0) is 6.42 Å². The molecule has 0 aliphatic rings. The smallest absolute Gasteiger partial charge is 0.310 e. The van der Waals surface area contributed by atoms with Gasteiger partial charge in [0.25, 0.3) is 0 Å². The van der Waals surface area contributed by atoms with Gasteiger partial charge in [-0.3, -0.25) is 14.5 Å². The van der Waals surface area contributed by atoms with Crippen LogP contribution in [0.2, 0.25) is 0 Å². The molecule has 0 bridgehead atoms. The Morgan fingerprint density at radius 3 is 2.35 bits per heavy atom. The molecule has 7 nitrogen and oxygen atoms in total. The predicted molar refractivity (Wildman–Crippen MR) is 86.0 cm³/mol. The molecular weight excluding hydrogens is 302 g/mol. The Bertz CT molecular complexity index is 352. The number of hydrogen-bond acceptors (Lipinski definition) is 6. The second kappa shape index (κ2) is 14.2. The zero-order valence-electron chi connectivity index (χ0n) is 13.8. The van der Waals surface area contributed by atoms with Crippen molar-refractivity contribution in [3.8, 4) is 0 Å². The molecule has 0 heterocycles. The lowest BCUT2D eigenvalue weighted by molar-refractivity contribution is -0.150. The zero-order chi connectivity index (χ0) is 17.5. The highest BCUT2D eigenvalue weighted by molar-refractivity contribution is 5.80. The molecule has 1 unspecified atom stereocenters. The number of aliphatic hydroxyl groups excluding tert-OH is 2. The lowest BCUT2D eigenvalue weighted by atomic mass is 10.0. The third kappa shape index (κ3) is 11.7. The standard InChI is InChI=1S/C16H29NO6/c1-2-3-4-5-6-14(16(21)22)13-15(20)23-12-9-17(7-10-18)8-11-19/h5-6,14,18-19H,2-4,7-13H2,1H3,(H,21,22). The van der Waals surface area contributed by atoms with Crippen molar-refractivity contribution < 1.29 is 29.6 Å². The molecule has 0 aromatic heterocycles. The highest BCUT2D eigenvalue weighted by Crippen LogP contribution is 2.09. The van der Waals surface area contributed by atoms with E-state index in [0.29, 0.717) is 19.6 Å².